The van der Waals surface area contributed by atoms with E-state index in [9.17, 15) is 5.11 Å². The maximum Gasteiger partial charge on any atom is 0.258 e. The molecular weight excluding hydrogens is 230 g/mol. The predicted molar refractivity (Wildman–Crippen MR) is 67.0 cm³/mol. The average Bonchev–Trinajstić information content (AvgIpc) is 2.78. The van der Waals surface area contributed by atoms with Crippen LogP contribution in [0.1, 0.15) is 32.0 Å². The lowest BCUT2D eigenvalue weighted by Crippen LogP contribution is -1.92. The fourth-order valence-electron chi connectivity index (χ4n) is 2.09. The second-order valence-corrected chi connectivity index (χ2v) is 5.48. The molecule has 1 fully saturated rings. The van der Waals surface area contributed by atoms with Gasteiger partial charge in [0, 0.05) is 11.5 Å². The molecule has 1 aromatic heterocycles. The van der Waals surface area contributed by atoms with Crippen molar-refractivity contribution >= 4 is 5.69 Å². The molecule has 3 N–H and O–H groups in total. The van der Waals surface area contributed by atoms with Crippen LogP contribution in [0.2, 0.25) is 0 Å². The molecule has 5 heteroatoms. The van der Waals surface area contributed by atoms with E-state index in [1.807, 2.05) is 0 Å². The molecule has 0 aliphatic heterocycles. The van der Waals surface area contributed by atoms with Gasteiger partial charge < -0.3 is 15.4 Å². The number of nitrogen functional groups attached to an aromatic ring is 1. The van der Waals surface area contributed by atoms with E-state index in [2.05, 4.69) is 24.0 Å². The maximum absolute atomic E-state index is 9.37. The van der Waals surface area contributed by atoms with Gasteiger partial charge in [-0.1, -0.05) is 19.0 Å². The number of aromatic hydroxyl groups is 1. The number of nitrogens with two attached hydrogens (primary N) is 1. The molecule has 1 atom stereocenters. The Hall–Kier alpha value is -2.04. The highest BCUT2D eigenvalue weighted by Gasteiger charge is 2.49. The minimum Gasteiger partial charge on any atom is -0.506 e. The number of nitrogens with zero attached hydrogens (tertiary/aromatic N) is 2. The second kappa shape index (κ2) is 3.48. The van der Waals surface area contributed by atoms with Gasteiger partial charge in [0.15, 0.2) is 5.82 Å². The molecule has 1 aliphatic carbocycles. The van der Waals surface area contributed by atoms with E-state index >= 15 is 0 Å². The van der Waals surface area contributed by atoms with E-state index in [0.29, 0.717) is 17.5 Å². The van der Waals surface area contributed by atoms with Crippen LogP contribution in [0.25, 0.3) is 11.5 Å². The van der Waals surface area contributed by atoms with Crippen molar-refractivity contribution in [2.24, 2.45) is 5.41 Å². The number of anilines is 1. The van der Waals surface area contributed by atoms with E-state index in [4.69, 9.17) is 10.3 Å². The summed E-state index contributed by atoms with van der Waals surface area (Å²) in [4.78, 5) is 4.39. The zero-order chi connectivity index (χ0) is 12.9. The molecule has 94 valence electrons. The van der Waals surface area contributed by atoms with Gasteiger partial charge in [0.2, 0.25) is 0 Å². The summed E-state index contributed by atoms with van der Waals surface area (Å²) in [6.07, 6.45) is 1.09. The van der Waals surface area contributed by atoms with Gasteiger partial charge in [-0.2, -0.15) is 4.98 Å². The normalized spacial score (nSPS) is 20.9. The van der Waals surface area contributed by atoms with Crippen LogP contribution >= 0.6 is 0 Å². The Morgan fingerprint density at radius 2 is 2.17 bits per heavy atom. The van der Waals surface area contributed by atoms with Crippen molar-refractivity contribution in [3.63, 3.8) is 0 Å². The predicted octanol–water partition coefficient (Wildman–Crippen LogP) is 2.54. The molecule has 0 radical (unpaired) electrons. The van der Waals surface area contributed by atoms with Crippen molar-refractivity contribution in [3.05, 3.63) is 24.0 Å². The quantitative estimate of drug-likeness (QED) is 0.627. The molecule has 0 amide bonds. The molecule has 5 nitrogen and oxygen atoms in total. The third-order valence-electron chi connectivity index (χ3n) is 3.54. The topological polar surface area (TPSA) is 85.2 Å². The summed E-state index contributed by atoms with van der Waals surface area (Å²) in [5.41, 5.74) is 6.94. The SMILES string of the molecule is CC1(C)CC1c1noc(-c2ccc(O)c(N)c2)n1. The Balaban J connectivity index is 1.91. The minimum atomic E-state index is 0.0572. The fourth-order valence-corrected chi connectivity index (χ4v) is 2.09. The van der Waals surface area contributed by atoms with Gasteiger partial charge in [-0.3, -0.25) is 0 Å². The molecule has 0 saturated heterocycles. The van der Waals surface area contributed by atoms with Gasteiger partial charge in [-0.05, 0) is 30.0 Å². The highest BCUT2D eigenvalue weighted by molar-refractivity contribution is 5.64. The Kier molecular flexibility index (Phi) is 2.14. The highest BCUT2D eigenvalue weighted by atomic mass is 16.5. The third kappa shape index (κ3) is 1.72. The number of hydrogen-bond acceptors (Lipinski definition) is 5. The molecule has 18 heavy (non-hydrogen) atoms. The Bertz CT molecular complexity index is 604. The first-order valence-electron chi connectivity index (χ1n) is 5.90. The summed E-state index contributed by atoms with van der Waals surface area (Å²) in [5, 5.41) is 13.4. The summed E-state index contributed by atoms with van der Waals surface area (Å²) in [5.74, 6) is 1.63. The van der Waals surface area contributed by atoms with Crippen molar-refractivity contribution < 1.29 is 9.63 Å². The summed E-state index contributed by atoms with van der Waals surface area (Å²) in [7, 11) is 0. The van der Waals surface area contributed by atoms with Crippen molar-refractivity contribution in [1.29, 1.82) is 0 Å². The zero-order valence-corrected chi connectivity index (χ0v) is 10.3. The molecule has 1 aromatic carbocycles. The average molecular weight is 245 g/mol. The molecule has 2 aromatic rings. The maximum atomic E-state index is 9.37. The zero-order valence-electron chi connectivity index (χ0n) is 10.3. The van der Waals surface area contributed by atoms with Crippen LogP contribution in [-0.4, -0.2) is 15.2 Å². The third-order valence-corrected chi connectivity index (χ3v) is 3.54. The smallest absolute Gasteiger partial charge is 0.258 e. The summed E-state index contributed by atoms with van der Waals surface area (Å²) in [6.45, 7) is 4.37. The monoisotopic (exact) mass is 245 g/mol. The lowest BCUT2D eigenvalue weighted by atomic mass is 10.1. The molecule has 0 spiro atoms. The van der Waals surface area contributed by atoms with Gasteiger partial charge >= 0.3 is 0 Å². The highest BCUT2D eigenvalue weighted by Crippen LogP contribution is 2.57. The van der Waals surface area contributed by atoms with Crippen molar-refractivity contribution in [1.82, 2.24) is 10.1 Å². The van der Waals surface area contributed by atoms with Crippen molar-refractivity contribution in [2.45, 2.75) is 26.2 Å². The van der Waals surface area contributed by atoms with Gasteiger partial charge in [-0.15, -0.1) is 0 Å². The Labute approximate surface area is 105 Å². The Morgan fingerprint density at radius 3 is 2.78 bits per heavy atom. The summed E-state index contributed by atoms with van der Waals surface area (Å²) >= 11 is 0. The van der Waals surface area contributed by atoms with E-state index in [1.54, 1.807) is 12.1 Å². The van der Waals surface area contributed by atoms with Crippen LogP contribution in [-0.2, 0) is 0 Å². The lowest BCUT2D eigenvalue weighted by Gasteiger charge is -1.99. The lowest BCUT2D eigenvalue weighted by molar-refractivity contribution is 0.419. The van der Waals surface area contributed by atoms with E-state index in [0.717, 1.165) is 17.8 Å². The molecule has 3 rings (SSSR count). The van der Waals surface area contributed by atoms with Crippen LogP contribution in [0.15, 0.2) is 22.7 Å². The Morgan fingerprint density at radius 1 is 1.44 bits per heavy atom. The molecule has 1 saturated carbocycles. The number of aromatic nitrogens is 2. The van der Waals surface area contributed by atoms with Crippen LogP contribution in [0.5, 0.6) is 5.75 Å². The van der Waals surface area contributed by atoms with Crippen molar-refractivity contribution in [3.8, 4) is 17.2 Å². The number of rotatable bonds is 2. The van der Waals surface area contributed by atoms with Crippen LogP contribution < -0.4 is 5.73 Å². The first-order valence-corrected chi connectivity index (χ1v) is 5.90. The van der Waals surface area contributed by atoms with Gasteiger partial charge in [0.25, 0.3) is 5.89 Å². The van der Waals surface area contributed by atoms with E-state index in [-0.39, 0.29) is 11.2 Å². The summed E-state index contributed by atoms with van der Waals surface area (Å²) < 4.78 is 5.24. The van der Waals surface area contributed by atoms with E-state index in [1.165, 1.54) is 6.07 Å². The largest absolute Gasteiger partial charge is 0.506 e. The number of phenols is 1. The molecular formula is C13H15N3O2. The first-order chi connectivity index (χ1) is 8.47. The standard InChI is InChI=1S/C13H15N3O2/c1-13(2)6-8(13)11-15-12(18-16-11)7-3-4-10(17)9(14)5-7/h3-5,8,17H,6,14H2,1-2H3. The van der Waals surface area contributed by atoms with Gasteiger partial charge in [0.1, 0.15) is 5.75 Å². The van der Waals surface area contributed by atoms with Crippen LogP contribution in [0, 0.1) is 5.41 Å². The molecule has 1 unspecified atom stereocenters. The van der Waals surface area contributed by atoms with Crippen LogP contribution in [0.4, 0.5) is 5.69 Å². The number of phenolic OH excluding ortho intramolecular Hbond substituents is 1. The minimum absolute atomic E-state index is 0.0572. The number of hydrogen-bond donors (Lipinski definition) is 2. The van der Waals surface area contributed by atoms with Crippen LogP contribution in [0.3, 0.4) is 0 Å². The van der Waals surface area contributed by atoms with E-state index < -0.39 is 0 Å². The molecule has 0 bridgehead atoms. The van der Waals surface area contributed by atoms with Gasteiger partial charge in [0.05, 0.1) is 5.69 Å². The first kappa shape index (κ1) is 11.1. The van der Waals surface area contributed by atoms with Gasteiger partial charge in [-0.25, -0.2) is 0 Å². The number of benzene rings is 1. The molecule has 1 heterocycles. The second-order valence-electron chi connectivity index (χ2n) is 5.48. The molecule has 1 aliphatic rings. The fraction of sp³-hybridized carbons (Fsp3) is 0.385. The van der Waals surface area contributed by atoms with Crippen molar-refractivity contribution in [2.75, 3.05) is 5.73 Å². The summed E-state index contributed by atoms with van der Waals surface area (Å²) in [6, 6.07) is 4.86.